The van der Waals surface area contributed by atoms with Gasteiger partial charge in [0.2, 0.25) is 0 Å². The van der Waals surface area contributed by atoms with Crippen molar-refractivity contribution in [2.75, 3.05) is 0 Å². The van der Waals surface area contributed by atoms with Crippen molar-refractivity contribution in [1.29, 1.82) is 0 Å². The molecule has 144 valence electrons. The average molecular weight is 364 g/mol. The number of hydrogen-bond acceptors (Lipinski definition) is 6. The molecule has 0 aromatic heterocycles. The highest BCUT2D eigenvalue weighted by Crippen LogP contribution is 2.78. The number of hydrogen-bond donors (Lipinski definition) is 2. The second kappa shape index (κ2) is 6.20. The molecule has 3 saturated carbocycles. The molecular weight excluding hydrogens is 336 g/mol. The fourth-order valence-corrected chi connectivity index (χ4v) is 6.72. The summed E-state index contributed by atoms with van der Waals surface area (Å²) >= 11 is 0. The third-order valence-corrected chi connectivity index (χ3v) is 7.30. The van der Waals surface area contributed by atoms with E-state index in [0.29, 0.717) is 18.8 Å². The summed E-state index contributed by atoms with van der Waals surface area (Å²) in [5, 5.41) is 21.8. The number of aliphatic hydroxyl groups is 2. The minimum atomic E-state index is -1.64. The van der Waals surface area contributed by atoms with Crippen LogP contribution in [0.2, 0.25) is 0 Å². The van der Waals surface area contributed by atoms with Gasteiger partial charge in [-0.3, -0.25) is 0 Å². The zero-order valence-electron chi connectivity index (χ0n) is 15.4. The van der Waals surface area contributed by atoms with E-state index in [1.165, 1.54) is 0 Å². The maximum Gasteiger partial charge on any atom is 0.333 e. The van der Waals surface area contributed by atoms with Crippen molar-refractivity contribution in [3.05, 3.63) is 25.3 Å². The summed E-state index contributed by atoms with van der Waals surface area (Å²) in [6.45, 7) is 10.2. The van der Waals surface area contributed by atoms with Crippen LogP contribution in [0.4, 0.5) is 0 Å². The lowest BCUT2D eigenvalue weighted by atomic mass is 9.52. The summed E-state index contributed by atoms with van der Waals surface area (Å²) in [5.74, 6) is -2.78. The monoisotopic (exact) mass is 364 g/mol. The first-order valence-electron chi connectivity index (χ1n) is 9.27. The quantitative estimate of drug-likeness (QED) is 0.426. The molecule has 0 radical (unpaired) electrons. The van der Waals surface area contributed by atoms with Gasteiger partial charge in [-0.15, -0.1) is 0 Å². The molecule has 2 N–H and O–H groups in total. The van der Waals surface area contributed by atoms with Crippen molar-refractivity contribution in [3.8, 4) is 0 Å². The lowest BCUT2D eigenvalue weighted by molar-refractivity contribution is -0.315. The molecule has 0 spiro atoms. The second-order valence-corrected chi connectivity index (χ2v) is 8.03. The molecule has 6 unspecified atom stereocenters. The van der Waals surface area contributed by atoms with Crippen LogP contribution >= 0.6 is 0 Å². The van der Waals surface area contributed by atoms with Crippen molar-refractivity contribution >= 4 is 11.9 Å². The van der Waals surface area contributed by atoms with E-state index in [4.69, 9.17) is 9.47 Å². The van der Waals surface area contributed by atoms with E-state index >= 15 is 0 Å². The Kier molecular flexibility index (Phi) is 4.56. The Balaban J connectivity index is 2.23. The number of rotatable bonds is 6. The molecular formula is C20H28O6. The van der Waals surface area contributed by atoms with Gasteiger partial charge in [0.25, 0.3) is 5.79 Å². The standard InChI is InChI=1S/C20H28O6/c1-5-16(23)25-19(26-17(24)6-2)10-8-15-14-7-9-18(11-14,12(3)21)20(15,19)13(4)22/h5-6,12-15,21-22H,1-2,7-11H2,3-4H3. The first-order chi connectivity index (χ1) is 12.2. The number of aliphatic hydroxyl groups excluding tert-OH is 2. The predicted octanol–water partition coefficient (Wildman–Crippen LogP) is 2.10. The zero-order chi connectivity index (χ0) is 19.3. The van der Waals surface area contributed by atoms with Gasteiger partial charge in [0.15, 0.2) is 0 Å². The van der Waals surface area contributed by atoms with Crippen LogP contribution in [0, 0.1) is 22.7 Å². The fraction of sp³-hybridized carbons (Fsp3) is 0.700. The summed E-state index contributed by atoms with van der Waals surface area (Å²) in [6, 6.07) is 0. The Morgan fingerprint density at radius 1 is 1.04 bits per heavy atom. The second-order valence-electron chi connectivity index (χ2n) is 8.03. The Morgan fingerprint density at radius 3 is 2.08 bits per heavy atom. The molecule has 0 heterocycles. The van der Waals surface area contributed by atoms with E-state index in [-0.39, 0.29) is 12.3 Å². The summed E-state index contributed by atoms with van der Waals surface area (Å²) in [7, 11) is 0. The third-order valence-electron chi connectivity index (χ3n) is 7.30. The largest absolute Gasteiger partial charge is 0.419 e. The van der Waals surface area contributed by atoms with E-state index in [9.17, 15) is 19.8 Å². The lowest BCUT2D eigenvalue weighted by Gasteiger charge is -2.57. The Hall–Kier alpha value is -1.66. The average Bonchev–Trinajstić information content (AvgIpc) is 3.24. The van der Waals surface area contributed by atoms with Crippen molar-refractivity contribution in [2.24, 2.45) is 22.7 Å². The van der Waals surface area contributed by atoms with Gasteiger partial charge < -0.3 is 19.7 Å². The Morgan fingerprint density at radius 2 is 1.62 bits per heavy atom. The molecule has 6 atom stereocenters. The summed E-state index contributed by atoms with van der Waals surface area (Å²) in [5.41, 5.74) is -1.75. The van der Waals surface area contributed by atoms with Gasteiger partial charge in [-0.25, -0.2) is 9.59 Å². The molecule has 3 fully saturated rings. The van der Waals surface area contributed by atoms with Crippen molar-refractivity contribution < 1.29 is 29.3 Å². The first-order valence-corrected chi connectivity index (χ1v) is 9.27. The molecule has 3 rings (SSSR count). The number of carbonyl (C=O) groups excluding carboxylic acids is 2. The highest BCUT2D eigenvalue weighted by atomic mass is 16.7. The van der Waals surface area contributed by atoms with Crippen molar-refractivity contribution in [2.45, 2.75) is 63.9 Å². The molecule has 3 aliphatic carbocycles. The van der Waals surface area contributed by atoms with Gasteiger partial charge in [0, 0.05) is 24.0 Å². The maximum atomic E-state index is 12.2. The van der Waals surface area contributed by atoms with Gasteiger partial charge in [0.1, 0.15) is 0 Å². The zero-order valence-corrected chi connectivity index (χ0v) is 15.4. The minimum absolute atomic E-state index is 0.00100. The molecule has 6 nitrogen and oxygen atoms in total. The summed E-state index contributed by atoms with van der Waals surface area (Å²) in [6.07, 6.45) is 3.66. The maximum absolute atomic E-state index is 12.2. The molecule has 0 saturated heterocycles. The van der Waals surface area contributed by atoms with Crippen LogP contribution in [0.5, 0.6) is 0 Å². The lowest BCUT2D eigenvalue weighted by Crippen LogP contribution is -2.66. The highest BCUT2D eigenvalue weighted by molar-refractivity contribution is 5.83. The normalized spacial score (nSPS) is 38.9. The van der Waals surface area contributed by atoms with E-state index in [1.54, 1.807) is 13.8 Å². The summed E-state index contributed by atoms with van der Waals surface area (Å²) in [4.78, 5) is 24.4. The van der Waals surface area contributed by atoms with Gasteiger partial charge in [0.05, 0.1) is 17.6 Å². The minimum Gasteiger partial charge on any atom is -0.419 e. The van der Waals surface area contributed by atoms with E-state index in [2.05, 4.69) is 13.2 Å². The molecule has 3 aliphatic rings. The van der Waals surface area contributed by atoms with Crippen LogP contribution in [-0.2, 0) is 19.1 Å². The van der Waals surface area contributed by atoms with Crippen molar-refractivity contribution in [3.63, 3.8) is 0 Å². The van der Waals surface area contributed by atoms with Crippen molar-refractivity contribution in [1.82, 2.24) is 0 Å². The number of ether oxygens (including phenoxy) is 2. The Bertz CT molecular complexity index is 616. The SMILES string of the molecule is C=CC(=O)OC1(OC(=O)C=C)CCC2C3CCC(C(C)O)(C3)C21C(C)O. The molecule has 0 aromatic rings. The van der Waals surface area contributed by atoms with Gasteiger partial charge in [-0.1, -0.05) is 13.2 Å². The highest BCUT2D eigenvalue weighted by Gasteiger charge is 2.82. The first kappa shape index (κ1) is 19.1. The van der Waals surface area contributed by atoms with Crippen LogP contribution in [0.15, 0.2) is 25.3 Å². The molecule has 0 amide bonds. The molecule has 6 heteroatoms. The number of carbonyl (C=O) groups is 2. The van der Waals surface area contributed by atoms with E-state index in [0.717, 1.165) is 25.0 Å². The van der Waals surface area contributed by atoms with E-state index < -0.39 is 40.8 Å². The summed E-state index contributed by atoms with van der Waals surface area (Å²) < 4.78 is 11.4. The number of esters is 2. The van der Waals surface area contributed by atoms with E-state index in [1.807, 2.05) is 0 Å². The van der Waals surface area contributed by atoms with Gasteiger partial charge in [-0.05, 0) is 51.4 Å². The predicted molar refractivity (Wildman–Crippen MR) is 93.6 cm³/mol. The molecule has 0 aromatic carbocycles. The molecule has 2 bridgehead atoms. The van der Waals surface area contributed by atoms with Gasteiger partial charge >= 0.3 is 11.9 Å². The topological polar surface area (TPSA) is 93.1 Å². The molecule has 0 aliphatic heterocycles. The van der Waals surface area contributed by atoms with Crippen LogP contribution in [0.1, 0.15) is 46.0 Å². The Labute approximate surface area is 153 Å². The van der Waals surface area contributed by atoms with Crippen LogP contribution in [0.25, 0.3) is 0 Å². The fourth-order valence-electron chi connectivity index (χ4n) is 6.72. The third kappa shape index (κ3) is 2.12. The van der Waals surface area contributed by atoms with Crippen LogP contribution in [0.3, 0.4) is 0 Å². The van der Waals surface area contributed by atoms with Crippen LogP contribution < -0.4 is 0 Å². The van der Waals surface area contributed by atoms with Gasteiger partial charge in [-0.2, -0.15) is 0 Å². The van der Waals surface area contributed by atoms with Crippen LogP contribution in [-0.4, -0.2) is 40.1 Å². The smallest absolute Gasteiger partial charge is 0.333 e. The molecule has 26 heavy (non-hydrogen) atoms. The number of fused-ring (bicyclic) bond motifs is 5.